The van der Waals surface area contributed by atoms with Gasteiger partial charge in [-0.3, -0.25) is 19.2 Å². The van der Waals surface area contributed by atoms with Crippen LogP contribution < -0.4 is 10.6 Å². The number of nitrogens with one attached hydrogen (secondary N) is 2. The molecule has 0 bridgehead atoms. The summed E-state index contributed by atoms with van der Waals surface area (Å²) in [4.78, 5) is 52.4. The van der Waals surface area contributed by atoms with E-state index in [4.69, 9.17) is 9.47 Å². The number of hydrogen-bond donors (Lipinski definition) is 2. The van der Waals surface area contributed by atoms with Crippen LogP contribution in [-0.4, -0.2) is 99.1 Å². The number of carbonyl (C=O) groups is 4. The van der Waals surface area contributed by atoms with E-state index in [1.54, 1.807) is 0 Å². The summed E-state index contributed by atoms with van der Waals surface area (Å²) >= 11 is 0. The minimum Gasteiger partial charge on any atom is -0.466 e. The number of carbonyl (C=O) groups excluding carboxylic acids is 4. The van der Waals surface area contributed by atoms with Gasteiger partial charge in [-0.25, -0.2) is 0 Å². The molecule has 0 aromatic heterocycles. The van der Waals surface area contributed by atoms with Crippen LogP contribution >= 0.6 is 0 Å². The van der Waals surface area contributed by atoms with E-state index in [1.165, 1.54) is 0 Å². The fourth-order valence-corrected chi connectivity index (χ4v) is 3.49. The molecule has 0 fully saturated rings. The molecule has 0 heterocycles. The largest absolute Gasteiger partial charge is 0.466 e. The van der Waals surface area contributed by atoms with Gasteiger partial charge in [0.2, 0.25) is 11.8 Å². The lowest BCUT2D eigenvalue weighted by Crippen LogP contribution is -2.37. The molecule has 0 aromatic carbocycles. The van der Waals surface area contributed by atoms with Crippen molar-refractivity contribution in [3.05, 3.63) is 0 Å². The third kappa shape index (κ3) is 21.6. The van der Waals surface area contributed by atoms with Crippen molar-refractivity contribution in [1.29, 1.82) is 0 Å². The average molecular weight is 529 g/mol. The predicted molar refractivity (Wildman–Crippen MR) is 145 cm³/mol. The molecule has 2 amide bonds. The van der Waals surface area contributed by atoms with Crippen LogP contribution in [-0.2, 0) is 28.7 Å². The topological polar surface area (TPSA) is 117 Å². The summed E-state index contributed by atoms with van der Waals surface area (Å²) in [5.41, 5.74) is 0. The molecule has 0 aliphatic rings. The first-order valence-corrected chi connectivity index (χ1v) is 14.1. The Morgan fingerprint density at radius 2 is 0.919 bits per heavy atom. The van der Waals surface area contributed by atoms with Crippen LogP contribution in [0.5, 0.6) is 0 Å². The van der Waals surface area contributed by atoms with E-state index in [9.17, 15) is 19.2 Å². The molecule has 216 valence electrons. The number of nitrogens with zero attached hydrogens (tertiary/aromatic N) is 2. The highest BCUT2D eigenvalue weighted by atomic mass is 16.5. The van der Waals surface area contributed by atoms with Gasteiger partial charge in [0.1, 0.15) is 0 Å². The van der Waals surface area contributed by atoms with Crippen LogP contribution in [0.25, 0.3) is 0 Å². The second-order valence-corrected chi connectivity index (χ2v) is 9.18. The molecule has 0 atom stereocenters. The number of rotatable bonds is 24. The molecule has 0 unspecified atom stereocenters. The molecule has 0 aliphatic heterocycles. The van der Waals surface area contributed by atoms with E-state index >= 15 is 0 Å². The maximum Gasteiger partial charge on any atom is 0.307 e. The summed E-state index contributed by atoms with van der Waals surface area (Å²) in [6.07, 6.45) is 5.41. The van der Waals surface area contributed by atoms with Crippen LogP contribution in [0.1, 0.15) is 85.5 Å². The molecule has 10 heteroatoms. The Bertz CT molecular complexity index is 532. The van der Waals surface area contributed by atoms with E-state index in [2.05, 4.69) is 20.4 Å². The zero-order valence-corrected chi connectivity index (χ0v) is 23.8. The van der Waals surface area contributed by atoms with Gasteiger partial charge in [-0.2, -0.15) is 0 Å². The Balaban J connectivity index is 4.88. The quantitative estimate of drug-likeness (QED) is 0.184. The van der Waals surface area contributed by atoms with Gasteiger partial charge in [-0.05, 0) is 45.2 Å². The average Bonchev–Trinajstić information content (AvgIpc) is 2.90. The Hall–Kier alpha value is -2.20. The second kappa shape index (κ2) is 24.2. The van der Waals surface area contributed by atoms with Gasteiger partial charge < -0.3 is 29.9 Å². The molecule has 0 spiro atoms. The van der Waals surface area contributed by atoms with Crippen molar-refractivity contribution in [2.24, 2.45) is 0 Å². The highest BCUT2D eigenvalue weighted by molar-refractivity contribution is 5.76. The SMILES string of the molecule is CCCNC(=O)CCN(CCCN(CCC(=O)OCCC)CCC(=O)OCCC)CCC(=O)NCCC. The first kappa shape index (κ1) is 34.8. The molecule has 37 heavy (non-hydrogen) atoms. The van der Waals surface area contributed by atoms with Crippen LogP contribution in [0.3, 0.4) is 0 Å². The van der Waals surface area contributed by atoms with Crippen molar-refractivity contribution < 1.29 is 28.7 Å². The first-order valence-electron chi connectivity index (χ1n) is 14.1. The predicted octanol–water partition coefficient (Wildman–Crippen LogP) is 2.50. The Labute approximate surface area is 224 Å². The zero-order valence-electron chi connectivity index (χ0n) is 23.8. The monoisotopic (exact) mass is 528 g/mol. The fraction of sp³-hybridized carbons (Fsp3) is 0.852. The molecule has 0 radical (unpaired) electrons. The molecule has 0 rings (SSSR count). The number of amides is 2. The van der Waals surface area contributed by atoms with Gasteiger partial charge >= 0.3 is 11.9 Å². The minimum absolute atomic E-state index is 0.0140. The van der Waals surface area contributed by atoms with Crippen molar-refractivity contribution in [2.75, 3.05) is 65.6 Å². The second-order valence-electron chi connectivity index (χ2n) is 9.18. The standard InChI is InChI=1S/C27H52N4O6/c1-5-14-28-24(32)10-18-30(19-11-25(33)29-15-6-2)16-9-17-31(20-12-26(34)36-22-7-3)21-13-27(35)37-23-8-4/h5-23H2,1-4H3,(H,28,32)(H,29,33). The van der Waals surface area contributed by atoms with Crippen molar-refractivity contribution in [1.82, 2.24) is 20.4 Å². The van der Waals surface area contributed by atoms with Gasteiger partial charge in [0.25, 0.3) is 0 Å². The van der Waals surface area contributed by atoms with Crippen LogP contribution in [0.15, 0.2) is 0 Å². The van der Waals surface area contributed by atoms with E-state index in [1.807, 2.05) is 27.7 Å². The van der Waals surface area contributed by atoms with Crippen molar-refractivity contribution in [3.8, 4) is 0 Å². The lowest BCUT2D eigenvalue weighted by atomic mass is 10.2. The van der Waals surface area contributed by atoms with Gasteiger partial charge in [-0.15, -0.1) is 0 Å². The highest BCUT2D eigenvalue weighted by Crippen LogP contribution is 2.04. The maximum atomic E-state index is 12.1. The zero-order chi connectivity index (χ0) is 27.7. The molecule has 2 N–H and O–H groups in total. The number of ether oxygens (including phenoxy) is 2. The summed E-state index contributed by atoms with van der Waals surface area (Å²) in [5, 5.41) is 5.80. The molecular formula is C27H52N4O6. The molecule has 0 aromatic rings. The minimum atomic E-state index is -0.238. The van der Waals surface area contributed by atoms with Gasteiger partial charge in [0.05, 0.1) is 26.1 Å². The first-order chi connectivity index (χ1) is 17.9. The fourth-order valence-electron chi connectivity index (χ4n) is 3.49. The maximum absolute atomic E-state index is 12.1. The summed E-state index contributed by atoms with van der Waals surface area (Å²) in [6, 6.07) is 0. The molecular weight excluding hydrogens is 476 g/mol. The van der Waals surface area contributed by atoms with Crippen molar-refractivity contribution in [2.45, 2.75) is 85.5 Å². The Morgan fingerprint density at radius 3 is 1.27 bits per heavy atom. The van der Waals surface area contributed by atoms with E-state index in [0.29, 0.717) is 78.4 Å². The Morgan fingerprint density at radius 1 is 0.541 bits per heavy atom. The van der Waals surface area contributed by atoms with Crippen molar-refractivity contribution >= 4 is 23.8 Å². The highest BCUT2D eigenvalue weighted by Gasteiger charge is 2.15. The molecule has 0 aliphatic carbocycles. The third-order valence-corrected chi connectivity index (χ3v) is 5.60. The van der Waals surface area contributed by atoms with E-state index in [-0.39, 0.29) is 36.6 Å². The van der Waals surface area contributed by atoms with Gasteiger partial charge in [0.15, 0.2) is 0 Å². The lowest BCUT2D eigenvalue weighted by Gasteiger charge is -2.25. The van der Waals surface area contributed by atoms with Crippen LogP contribution in [0.4, 0.5) is 0 Å². The molecule has 0 saturated carbocycles. The lowest BCUT2D eigenvalue weighted by molar-refractivity contribution is -0.144. The van der Waals surface area contributed by atoms with Crippen molar-refractivity contribution in [3.63, 3.8) is 0 Å². The summed E-state index contributed by atoms with van der Waals surface area (Å²) in [6.45, 7) is 13.6. The van der Waals surface area contributed by atoms with E-state index in [0.717, 1.165) is 32.1 Å². The summed E-state index contributed by atoms with van der Waals surface area (Å²) < 4.78 is 10.4. The Kier molecular flexibility index (Phi) is 22.7. The molecule has 10 nitrogen and oxygen atoms in total. The number of esters is 2. The van der Waals surface area contributed by atoms with E-state index < -0.39 is 0 Å². The summed E-state index contributed by atoms with van der Waals surface area (Å²) in [7, 11) is 0. The van der Waals surface area contributed by atoms with Gasteiger partial charge in [0, 0.05) is 52.1 Å². The van der Waals surface area contributed by atoms with Crippen LogP contribution in [0, 0.1) is 0 Å². The van der Waals surface area contributed by atoms with Gasteiger partial charge in [-0.1, -0.05) is 27.7 Å². The normalized spacial score (nSPS) is 11.0. The molecule has 0 saturated heterocycles. The number of hydrogen-bond acceptors (Lipinski definition) is 8. The third-order valence-electron chi connectivity index (χ3n) is 5.60. The van der Waals surface area contributed by atoms with Crippen LogP contribution in [0.2, 0.25) is 0 Å². The summed E-state index contributed by atoms with van der Waals surface area (Å²) in [5.74, 6) is -0.448. The smallest absolute Gasteiger partial charge is 0.307 e.